The van der Waals surface area contributed by atoms with E-state index in [0.717, 1.165) is 19.0 Å². The van der Waals surface area contributed by atoms with Crippen molar-refractivity contribution < 1.29 is 0 Å². The second kappa shape index (κ2) is 7.92. The molecule has 2 rings (SSSR count). The van der Waals surface area contributed by atoms with Crippen LogP contribution in [0.5, 0.6) is 0 Å². The number of likely N-dealkylation sites (tertiary alicyclic amines) is 1. The Morgan fingerprint density at radius 1 is 1.33 bits per heavy atom. The van der Waals surface area contributed by atoms with E-state index in [2.05, 4.69) is 55.0 Å². The third kappa shape index (κ3) is 4.80. The summed E-state index contributed by atoms with van der Waals surface area (Å²) >= 11 is 0. The van der Waals surface area contributed by atoms with Crippen LogP contribution in [0.1, 0.15) is 43.4 Å². The van der Waals surface area contributed by atoms with Gasteiger partial charge in [0.05, 0.1) is 0 Å². The normalized spacial score (nSPS) is 21.1. The molecule has 2 unspecified atom stereocenters. The quantitative estimate of drug-likeness (QED) is 0.838. The van der Waals surface area contributed by atoms with E-state index in [1.54, 1.807) is 0 Å². The molecule has 0 aliphatic carbocycles. The van der Waals surface area contributed by atoms with Gasteiger partial charge in [-0.3, -0.25) is 4.90 Å². The maximum atomic E-state index is 6.32. The molecule has 3 nitrogen and oxygen atoms in total. The van der Waals surface area contributed by atoms with Crippen LogP contribution in [-0.4, -0.2) is 49.1 Å². The fourth-order valence-electron chi connectivity index (χ4n) is 3.31. The Kier molecular flexibility index (Phi) is 6.22. The van der Waals surface area contributed by atoms with Gasteiger partial charge in [0.15, 0.2) is 0 Å². The highest BCUT2D eigenvalue weighted by molar-refractivity contribution is 5.23. The fourth-order valence-corrected chi connectivity index (χ4v) is 3.31. The number of nitrogens with zero attached hydrogens (tertiary/aromatic N) is 2. The predicted molar refractivity (Wildman–Crippen MR) is 90.5 cm³/mol. The number of nitrogens with two attached hydrogens (primary N) is 1. The molecule has 3 heteroatoms. The molecule has 1 saturated heterocycles. The Balaban J connectivity index is 1.75. The van der Waals surface area contributed by atoms with Gasteiger partial charge in [0, 0.05) is 18.6 Å². The molecule has 1 aliphatic rings. The van der Waals surface area contributed by atoms with Gasteiger partial charge in [0.1, 0.15) is 0 Å². The minimum absolute atomic E-state index is 0.152. The first kappa shape index (κ1) is 16.5. The Bertz CT molecular complexity index is 415. The molecule has 0 aromatic heterocycles. The summed E-state index contributed by atoms with van der Waals surface area (Å²) in [4.78, 5) is 5.06. The summed E-state index contributed by atoms with van der Waals surface area (Å²) in [6.07, 6.45) is 3.73. The van der Waals surface area contributed by atoms with Crippen LogP contribution in [0.4, 0.5) is 0 Å². The molecule has 1 fully saturated rings. The van der Waals surface area contributed by atoms with E-state index in [0.29, 0.717) is 0 Å². The van der Waals surface area contributed by atoms with Crippen LogP contribution in [0.2, 0.25) is 0 Å². The summed E-state index contributed by atoms with van der Waals surface area (Å²) in [7, 11) is 2.23. The first-order valence-corrected chi connectivity index (χ1v) is 8.35. The SMILES string of the molecule is CCN1CCCC1CN(C)CCC(N)c1ccc(C)cc1. The standard InChI is InChI=1S/C18H31N3/c1-4-21-12-5-6-17(21)14-20(3)13-11-18(19)16-9-7-15(2)8-10-16/h7-10,17-18H,4-6,11-14,19H2,1-3H3. The van der Waals surface area contributed by atoms with E-state index in [9.17, 15) is 0 Å². The largest absolute Gasteiger partial charge is 0.324 e. The average molecular weight is 289 g/mol. The van der Waals surface area contributed by atoms with Crippen molar-refractivity contribution in [2.45, 2.75) is 45.2 Å². The maximum Gasteiger partial charge on any atom is 0.0307 e. The number of aryl methyl sites for hydroxylation is 1. The Morgan fingerprint density at radius 2 is 2.05 bits per heavy atom. The third-order valence-electron chi connectivity index (χ3n) is 4.76. The molecule has 0 saturated carbocycles. The molecule has 2 N–H and O–H groups in total. The van der Waals surface area contributed by atoms with Crippen molar-refractivity contribution in [1.29, 1.82) is 0 Å². The highest BCUT2D eigenvalue weighted by atomic mass is 15.2. The fraction of sp³-hybridized carbons (Fsp3) is 0.667. The van der Waals surface area contributed by atoms with Crippen LogP contribution in [0, 0.1) is 6.92 Å². The first-order chi connectivity index (χ1) is 10.1. The van der Waals surface area contributed by atoms with E-state index in [1.807, 2.05) is 0 Å². The van der Waals surface area contributed by atoms with Crippen molar-refractivity contribution in [2.75, 3.05) is 33.2 Å². The lowest BCUT2D eigenvalue weighted by Crippen LogP contribution is -2.39. The lowest BCUT2D eigenvalue weighted by atomic mass is 10.0. The first-order valence-electron chi connectivity index (χ1n) is 8.35. The van der Waals surface area contributed by atoms with E-state index in [4.69, 9.17) is 5.73 Å². The molecule has 21 heavy (non-hydrogen) atoms. The molecule has 0 radical (unpaired) electrons. The van der Waals surface area contributed by atoms with Crippen molar-refractivity contribution in [3.63, 3.8) is 0 Å². The topological polar surface area (TPSA) is 32.5 Å². The molecular formula is C18H31N3. The number of rotatable bonds is 7. The van der Waals surface area contributed by atoms with Crippen molar-refractivity contribution >= 4 is 0 Å². The number of hydrogen-bond acceptors (Lipinski definition) is 3. The van der Waals surface area contributed by atoms with Crippen molar-refractivity contribution in [2.24, 2.45) is 5.73 Å². The summed E-state index contributed by atoms with van der Waals surface area (Å²) in [5, 5.41) is 0. The molecule has 118 valence electrons. The van der Waals surface area contributed by atoms with Gasteiger partial charge in [-0.15, -0.1) is 0 Å². The van der Waals surface area contributed by atoms with Crippen LogP contribution < -0.4 is 5.73 Å². The zero-order chi connectivity index (χ0) is 15.2. The summed E-state index contributed by atoms with van der Waals surface area (Å²) in [6, 6.07) is 9.52. The van der Waals surface area contributed by atoms with Gasteiger partial charge >= 0.3 is 0 Å². The predicted octanol–water partition coefficient (Wildman–Crippen LogP) is 2.80. The third-order valence-corrected chi connectivity index (χ3v) is 4.76. The zero-order valence-corrected chi connectivity index (χ0v) is 13.9. The van der Waals surface area contributed by atoms with Crippen LogP contribution in [0.25, 0.3) is 0 Å². The molecule has 1 heterocycles. The maximum absolute atomic E-state index is 6.32. The minimum Gasteiger partial charge on any atom is -0.324 e. The summed E-state index contributed by atoms with van der Waals surface area (Å²) in [6.45, 7) is 9.09. The van der Waals surface area contributed by atoms with Gasteiger partial charge in [-0.1, -0.05) is 36.8 Å². The highest BCUT2D eigenvalue weighted by Crippen LogP contribution is 2.19. The van der Waals surface area contributed by atoms with Crippen molar-refractivity contribution in [3.05, 3.63) is 35.4 Å². The summed E-state index contributed by atoms with van der Waals surface area (Å²) in [5.41, 5.74) is 8.87. The number of likely N-dealkylation sites (N-methyl/N-ethyl adjacent to an activating group) is 2. The molecule has 2 atom stereocenters. The van der Waals surface area contributed by atoms with Gasteiger partial charge in [0.25, 0.3) is 0 Å². The van der Waals surface area contributed by atoms with Gasteiger partial charge in [0.2, 0.25) is 0 Å². The molecule has 1 aromatic carbocycles. The highest BCUT2D eigenvalue weighted by Gasteiger charge is 2.23. The van der Waals surface area contributed by atoms with Crippen LogP contribution in [0.15, 0.2) is 24.3 Å². The van der Waals surface area contributed by atoms with Gasteiger partial charge in [-0.05, 0) is 58.4 Å². The van der Waals surface area contributed by atoms with Crippen molar-refractivity contribution in [3.8, 4) is 0 Å². The molecule has 1 aromatic rings. The second-order valence-electron chi connectivity index (χ2n) is 6.49. The van der Waals surface area contributed by atoms with Crippen molar-refractivity contribution in [1.82, 2.24) is 9.80 Å². The number of hydrogen-bond donors (Lipinski definition) is 1. The summed E-state index contributed by atoms with van der Waals surface area (Å²) in [5.74, 6) is 0. The van der Waals surface area contributed by atoms with Gasteiger partial charge in [-0.2, -0.15) is 0 Å². The minimum atomic E-state index is 0.152. The Morgan fingerprint density at radius 3 is 2.71 bits per heavy atom. The Hall–Kier alpha value is -0.900. The lowest BCUT2D eigenvalue weighted by Gasteiger charge is -2.28. The van der Waals surface area contributed by atoms with Crippen LogP contribution >= 0.6 is 0 Å². The smallest absolute Gasteiger partial charge is 0.0307 e. The lowest BCUT2D eigenvalue weighted by molar-refractivity contribution is 0.195. The van der Waals surface area contributed by atoms with E-state index >= 15 is 0 Å². The molecule has 0 spiro atoms. The summed E-state index contributed by atoms with van der Waals surface area (Å²) < 4.78 is 0. The molecular weight excluding hydrogens is 258 g/mol. The second-order valence-corrected chi connectivity index (χ2v) is 6.49. The molecule has 0 amide bonds. The molecule has 1 aliphatic heterocycles. The molecule has 0 bridgehead atoms. The van der Waals surface area contributed by atoms with E-state index in [1.165, 1.54) is 43.6 Å². The zero-order valence-electron chi connectivity index (χ0n) is 13.9. The van der Waals surface area contributed by atoms with Gasteiger partial charge in [-0.25, -0.2) is 0 Å². The van der Waals surface area contributed by atoms with E-state index in [-0.39, 0.29) is 6.04 Å². The monoisotopic (exact) mass is 289 g/mol. The number of benzene rings is 1. The van der Waals surface area contributed by atoms with Gasteiger partial charge < -0.3 is 10.6 Å². The Labute approximate surface area is 130 Å². The van der Waals surface area contributed by atoms with E-state index < -0.39 is 0 Å². The van der Waals surface area contributed by atoms with Crippen LogP contribution in [-0.2, 0) is 0 Å². The van der Waals surface area contributed by atoms with Crippen LogP contribution in [0.3, 0.4) is 0 Å². The average Bonchev–Trinajstić information content (AvgIpc) is 2.92.